The SMILES string of the molecule is CC(C)(C)OC(=O)NCC(=O)Nc1ccc(S(N)(=O)=O)cc1I. The summed E-state index contributed by atoms with van der Waals surface area (Å²) in [5, 5.41) is 9.91. The molecule has 4 N–H and O–H groups in total. The van der Waals surface area contributed by atoms with Gasteiger partial charge in [0.05, 0.1) is 10.6 Å². The molecule has 0 atom stereocenters. The molecule has 0 fully saturated rings. The van der Waals surface area contributed by atoms with Gasteiger partial charge in [0.25, 0.3) is 0 Å². The van der Waals surface area contributed by atoms with E-state index in [-0.39, 0.29) is 11.4 Å². The van der Waals surface area contributed by atoms with Gasteiger partial charge in [-0.1, -0.05) is 0 Å². The number of hydrogen-bond acceptors (Lipinski definition) is 5. The summed E-state index contributed by atoms with van der Waals surface area (Å²) in [4.78, 5) is 23.2. The molecule has 1 aromatic rings. The van der Waals surface area contributed by atoms with E-state index < -0.39 is 27.6 Å². The van der Waals surface area contributed by atoms with Gasteiger partial charge in [0.1, 0.15) is 12.1 Å². The molecule has 0 unspecified atom stereocenters. The number of sulfonamides is 1. The van der Waals surface area contributed by atoms with Crippen molar-refractivity contribution in [2.45, 2.75) is 31.3 Å². The van der Waals surface area contributed by atoms with E-state index in [1.54, 1.807) is 20.8 Å². The number of rotatable bonds is 4. The van der Waals surface area contributed by atoms with Crippen molar-refractivity contribution >= 4 is 50.3 Å². The average Bonchev–Trinajstić information content (AvgIpc) is 2.35. The number of halogens is 1. The van der Waals surface area contributed by atoms with E-state index in [0.717, 1.165) is 0 Å². The van der Waals surface area contributed by atoms with Crippen molar-refractivity contribution in [3.8, 4) is 0 Å². The van der Waals surface area contributed by atoms with Crippen molar-refractivity contribution in [1.29, 1.82) is 0 Å². The van der Waals surface area contributed by atoms with E-state index in [2.05, 4.69) is 10.6 Å². The quantitative estimate of drug-likeness (QED) is 0.592. The molecule has 8 nitrogen and oxygen atoms in total. The lowest BCUT2D eigenvalue weighted by atomic mass is 10.2. The van der Waals surface area contributed by atoms with Gasteiger partial charge in [0.2, 0.25) is 15.9 Å². The maximum absolute atomic E-state index is 11.8. The van der Waals surface area contributed by atoms with E-state index >= 15 is 0 Å². The molecule has 10 heteroatoms. The largest absolute Gasteiger partial charge is 0.444 e. The highest BCUT2D eigenvalue weighted by Gasteiger charge is 2.17. The third kappa shape index (κ3) is 7.14. The topological polar surface area (TPSA) is 128 Å². The zero-order chi connectivity index (χ0) is 17.8. The normalized spacial score (nSPS) is 11.7. The second kappa shape index (κ2) is 7.45. The van der Waals surface area contributed by atoms with E-state index in [4.69, 9.17) is 9.88 Å². The van der Waals surface area contributed by atoms with E-state index in [9.17, 15) is 18.0 Å². The van der Waals surface area contributed by atoms with Gasteiger partial charge >= 0.3 is 6.09 Å². The summed E-state index contributed by atoms with van der Waals surface area (Å²) in [7, 11) is -3.80. The van der Waals surface area contributed by atoms with Crippen LogP contribution >= 0.6 is 22.6 Å². The molecule has 0 radical (unpaired) electrons. The van der Waals surface area contributed by atoms with Crippen LogP contribution in [0.15, 0.2) is 23.1 Å². The second-order valence-electron chi connectivity index (χ2n) is 5.59. The molecular formula is C13H18IN3O5S. The number of alkyl carbamates (subject to hydrolysis) is 1. The highest BCUT2D eigenvalue weighted by atomic mass is 127. The zero-order valence-corrected chi connectivity index (χ0v) is 15.8. The van der Waals surface area contributed by atoms with Crippen LogP contribution in [0, 0.1) is 3.57 Å². The van der Waals surface area contributed by atoms with Crippen molar-refractivity contribution < 1.29 is 22.7 Å². The van der Waals surface area contributed by atoms with Crippen molar-refractivity contribution in [2.75, 3.05) is 11.9 Å². The van der Waals surface area contributed by atoms with Gasteiger partial charge in [0.15, 0.2) is 0 Å². The molecule has 1 aromatic carbocycles. The van der Waals surface area contributed by atoms with Gasteiger partial charge in [-0.25, -0.2) is 18.4 Å². The van der Waals surface area contributed by atoms with Gasteiger partial charge in [0, 0.05) is 3.57 Å². The molecule has 0 aliphatic rings. The number of carbonyl (C=O) groups is 2. The summed E-state index contributed by atoms with van der Waals surface area (Å²) < 4.78 is 28.0. The predicted octanol–water partition coefficient (Wildman–Crippen LogP) is 1.40. The van der Waals surface area contributed by atoms with Gasteiger partial charge in [-0.05, 0) is 61.6 Å². The Morgan fingerprint density at radius 2 is 1.91 bits per heavy atom. The fraction of sp³-hybridized carbons (Fsp3) is 0.385. The van der Waals surface area contributed by atoms with Crippen molar-refractivity contribution in [3.63, 3.8) is 0 Å². The number of primary sulfonamides is 1. The average molecular weight is 455 g/mol. The number of benzene rings is 1. The Kier molecular flexibility index (Phi) is 6.36. The van der Waals surface area contributed by atoms with Crippen LogP contribution in [0.2, 0.25) is 0 Å². The van der Waals surface area contributed by atoms with Crippen LogP contribution in [-0.4, -0.2) is 32.6 Å². The maximum Gasteiger partial charge on any atom is 0.408 e. The van der Waals surface area contributed by atoms with E-state index in [1.807, 2.05) is 22.6 Å². The Morgan fingerprint density at radius 3 is 2.39 bits per heavy atom. The Balaban J connectivity index is 2.63. The molecule has 0 aromatic heterocycles. The summed E-state index contributed by atoms with van der Waals surface area (Å²) in [5.41, 5.74) is -0.242. The van der Waals surface area contributed by atoms with Gasteiger partial charge in [-0.3, -0.25) is 4.79 Å². The van der Waals surface area contributed by atoms with Crippen LogP contribution in [0.4, 0.5) is 10.5 Å². The summed E-state index contributed by atoms with van der Waals surface area (Å²) >= 11 is 1.87. The van der Waals surface area contributed by atoms with Gasteiger partial charge < -0.3 is 15.4 Å². The molecule has 0 aliphatic carbocycles. The first-order valence-corrected chi connectivity index (χ1v) is 9.10. The first-order chi connectivity index (χ1) is 10.4. The lowest BCUT2D eigenvalue weighted by Crippen LogP contribution is -2.37. The van der Waals surface area contributed by atoms with E-state index in [0.29, 0.717) is 9.26 Å². The lowest BCUT2D eigenvalue weighted by molar-refractivity contribution is -0.115. The monoisotopic (exact) mass is 455 g/mol. The van der Waals surface area contributed by atoms with Crippen LogP contribution in [0.5, 0.6) is 0 Å². The fourth-order valence-electron chi connectivity index (χ4n) is 1.44. The molecule has 128 valence electrons. The number of ether oxygens (including phenoxy) is 1. The third-order valence-electron chi connectivity index (χ3n) is 2.34. The molecule has 0 saturated carbocycles. The molecule has 0 saturated heterocycles. The summed E-state index contributed by atoms with van der Waals surface area (Å²) in [6.07, 6.45) is -0.702. The summed E-state index contributed by atoms with van der Waals surface area (Å²) in [6.45, 7) is 4.86. The lowest BCUT2D eigenvalue weighted by Gasteiger charge is -2.19. The summed E-state index contributed by atoms with van der Waals surface area (Å²) in [5.74, 6) is -0.475. The Labute approximate surface area is 148 Å². The number of nitrogens with one attached hydrogen (secondary N) is 2. The number of amides is 2. The smallest absolute Gasteiger partial charge is 0.408 e. The minimum Gasteiger partial charge on any atom is -0.444 e. The van der Waals surface area contributed by atoms with Crippen LogP contribution in [-0.2, 0) is 19.6 Å². The standard InChI is InChI=1S/C13H18IN3O5S/c1-13(2,3)22-12(19)16-7-11(18)17-10-5-4-8(6-9(10)14)23(15,20)21/h4-6H,7H2,1-3H3,(H,16,19)(H,17,18)(H2,15,20,21). The van der Waals surface area contributed by atoms with Crippen LogP contribution < -0.4 is 15.8 Å². The molecule has 23 heavy (non-hydrogen) atoms. The first-order valence-electron chi connectivity index (χ1n) is 6.47. The minimum atomic E-state index is -3.80. The zero-order valence-electron chi connectivity index (χ0n) is 12.8. The molecule has 0 aliphatic heterocycles. The Hall–Kier alpha value is -1.40. The molecular weight excluding hydrogens is 437 g/mol. The van der Waals surface area contributed by atoms with Crippen LogP contribution in [0.3, 0.4) is 0 Å². The third-order valence-corrected chi connectivity index (χ3v) is 4.14. The fourth-order valence-corrected chi connectivity index (χ4v) is 2.84. The molecule has 0 spiro atoms. The highest BCUT2D eigenvalue weighted by molar-refractivity contribution is 14.1. The predicted molar refractivity (Wildman–Crippen MR) is 93.4 cm³/mol. The van der Waals surface area contributed by atoms with Crippen LogP contribution in [0.25, 0.3) is 0 Å². The molecule has 0 bridgehead atoms. The molecule has 1 rings (SSSR count). The van der Waals surface area contributed by atoms with Crippen molar-refractivity contribution in [3.05, 3.63) is 21.8 Å². The minimum absolute atomic E-state index is 0.0493. The second-order valence-corrected chi connectivity index (χ2v) is 8.31. The number of anilines is 1. The first kappa shape index (κ1) is 19.6. The highest BCUT2D eigenvalue weighted by Crippen LogP contribution is 2.21. The molecule has 2 amide bonds. The maximum atomic E-state index is 11.8. The number of nitrogens with two attached hydrogens (primary N) is 1. The van der Waals surface area contributed by atoms with Crippen molar-refractivity contribution in [1.82, 2.24) is 5.32 Å². The van der Waals surface area contributed by atoms with Crippen LogP contribution in [0.1, 0.15) is 20.8 Å². The van der Waals surface area contributed by atoms with Gasteiger partial charge in [-0.2, -0.15) is 0 Å². The molecule has 0 heterocycles. The Morgan fingerprint density at radius 1 is 1.30 bits per heavy atom. The Bertz CT molecular complexity index is 713. The number of carbonyl (C=O) groups excluding carboxylic acids is 2. The van der Waals surface area contributed by atoms with Gasteiger partial charge in [-0.15, -0.1) is 0 Å². The summed E-state index contributed by atoms with van der Waals surface area (Å²) in [6, 6.07) is 4.05. The van der Waals surface area contributed by atoms with Crippen molar-refractivity contribution in [2.24, 2.45) is 5.14 Å². The number of hydrogen-bond donors (Lipinski definition) is 3. The van der Waals surface area contributed by atoms with E-state index in [1.165, 1.54) is 18.2 Å².